The van der Waals surface area contributed by atoms with E-state index in [1.165, 1.54) is 12.1 Å². The number of rotatable bonds is 9. The second kappa shape index (κ2) is 10.4. The summed E-state index contributed by atoms with van der Waals surface area (Å²) in [5.74, 6) is -0.519. The van der Waals surface area contributed by atoms with Gasteiger partial charge in [0.25, 0.3) is 5.91 Å². The molecular formula is C22H29N3O4S. The summed E-state index contributed by atoms with van der Waals surface area (Å²) in [5, 5.41) is 5.33. The topological polar surface area (TPSA) is 104 Å². The number of amides is 2. The minimum Gasteiger partial charge on any atom is -0.355 e. The Morgan fingerprint density at radius 1 is 1.03 bits per heavy atom. The Labute approximate surface area is 178 Å². The molecule has 0 spiro atoms. The minimum absolute atomic E-state index is 0.109. The van der Waals surface area contributed by atoms with Crippen molar-refractivity contribution in [3.63, 3.8) is 0 Å². The summed E-state index contributed by atoms with van der Waals surface area (Å²) in [4.78, 5) is 24.7. The molecule has 0 aliphatic heterocycles. The van der Waals surface area contributed by atoms with Crippen molar-refractivity contribution in [2.45, 2.75) is 44.7 Å². The molecule has 2 rings (SSSR count). The number of aryl methyl sites for hydroxylation is 1. The van der Waals surface area contributed by atoms with Gasteiger partial charge in [0.2, 0.25) is 15.9 Å². The molecule has 2 amide bonds. The van der Waals surface area contributed by atoms with Gasteiger partial charge in [-0.05, 0) is 49.1 Å². The molecule has 0 aliphatic rings. The molecule has 0 bridgehead atoms. The predicted octanol–water partition coefficient (Wildman–Crippen LogP) is 2.36. The number of carbonyl (C=O) groups excluding carboxylic acids is 2. The maximum Gasteiger partial charge on any atom is 0.251 e. The van der Waals surface area contributed by atoms with Crippen LogP contribution in [0.25, 0.3) is 0 Å². The summed E-state index contributed by atoms with van der Waals surface area (Å²) >= 11 is 0. The van der Waals surface area contributed by atoms with Crippen molar-refractivity contribution in [3.8, 4) is 0 Å². The number of hydrogen-bond acceptors (Lipinski definition) is 4. The number of sulfonamides is 1. The van der Waals surface area contributed by atoms with E-state index in [0.29, 0.717) is 12.0 Å². The summed E-state index contributed by atoms with van der Waals surface area (Å²) in [6.45, 7) is 5.91. The molecule has 7 nitrogen and oxygen atoms in total. The lowest BCUT2D eigenvalue weighted by Crippen LogP contribution is -2.47. The molecule has 0 aromatic heterocycles. The van der Waals surface area contributed by atoms with Crippen LogP contribution in [0.4, 0.5) is 0 Å². The Bertz CT molecular complexity index is 986. The van der Waals surface area contributed by atoms with Crippen molar-refractivity contribution in [1.82, 2.24) is 15.4 Å². The van der Waals surface area contributed by atoms with Gasteiger partial charge in [0, 0.05) is 19.2 Å². The van der Waals surface area contributed by atoms with Gasteiger partial charge in [0.1, 0.15) is 6.04 Å². The van der Waals surface area contributed by atoms with Crippen LogP contribution in [0.3, 0.4) is 0 Å². The summed E-state index contributed by atoms with van der Waals surface area (Å²) in [5.41, 5.74) is 2.18. The minimum atomic E-state index is -3.83. The van der Waals surface area contributed by atoms with Gasteiger partial charge in [0.05, 0.1) is 4.90 Å². The predicted molar refractivity (Wildman–Crippen MR) is 116 cm³/mol. The number of benzene rings is 2. The van der Waals surface area contributed by atoms with Gasteiger partial charge in [-0.3, -0.25) is 9.59 Å². The molecular weight excluding hydrogens is 402 g/mol. The van der Waals surface area contributed by atoms with E-state index in [1.807, 2.05) is 20.8 Å². The summed E-state index contributed by atoms with van der Waals surface area (Å²) in [7, 11) is -2.29. The van der Waals surface area contributed by atoms with Gasteiger partial charge in [-0.15, -0.1) is 0 Å². The Morgan fingerprint density at radius 3 is 2.30 bits per heavy atom. The second-order valence-electron chi connectivity index (χ2n) is 7.61. The molecule has 2 aromatic carbocycles. The number of nitrogens with one attached hydrogen (secondary N) is 3. The van der Waals surface area contributed by atoms with E-state index in [0.717, 1.165) is 11.1 Å². The summed E-state index contributed by atoms with van der Waals surface area (Å²) < 4.78 is 28.0. The SMILES string of the molecule is CNC(=O)c1cccc(CNC(=O)C(CC(C)C)NS(=O)(=O)c2ccc(C)cc2)c1. The Kier molecular flexibility index (Phi) is 8.14. The van der Waals surface area contributed by atoms with E-state index < -0.39 is 22.0 Å². The zero-order chi connectivity index (χ0) is 22.3. The van der Waals surface area contributed by atoms with Crippen molar-refractivity contribution in [3.05, 3.63) is 65.2 Å². The first kappa shape index (κ1) is 23.6. The van der Waals surface area contributed by atoms with Gasteiger partial charge >= 0.3 is 0 Å². The van der Waals surface area contributed by atoms with Crippen LogP contribution in [0.15, 0.2) is 53.4 Å². The van der Waals surface area contributed by atoms with Crippen molar-refractivity contribution >= 4 is 21.8 Å². The first-order valence-electron chi connectivity index (χ1n) is 9.80. The molecule has 0 saturated carbocycles. The molecule has 0 radical (unpaired) electrons. The van der Waals surface area contributed by atoms with Gasteiger partial charge < -0.3 is 10.6 Å². The van der Waals surface area contributed by atoms with Crippen molar-refractivity contribution in [2.24, 2.45) is 5.92 Å². The number of carbonyl (C=O) groups is 2. The third-order valence-electron chi connectivity index (χ3n) is 4.54. The zero-order valence-electron chi connectivity index (χ0n) is 17.7. The molecule has 30 heavy (non-hydrogen) atoms. The fourth-order valence-corrected chi connectivity index (χ4v) is 4.14. The van der Waals surface area contributed by atoms with Gasteiger partial charge in [-0.1, -0.05) is 43.7 Å². The van der Waals surface area contributed by atoms with E-state index in [4.69, 9.17) is 0 Å². The fraction of sp³-hybridized carbons (Fsp3) is 0.364. The zero-order valence-corrected chi connectivity index (χ0v) is 18.5. The average Bonchev–Trinajstić information content (AvgIpc) is 2.71. The highest BCUT2D eigenvalue weighted by molar-refractivity contribution is 7.89. The van der Waals surface area contributed by atoms with E-state index in [2.05, 4.69) is 15.4 Å². The Balaban J connectivity index is 2.12. The van der Waals surface area contributed by atoms with Crippen molar-refractivity contribution < 1.29 is 18.0 Å². The molecule has 1 atom stereocenters. The molecule has 0 aliphatic carbocycles. The smallest absolute Gasteiger partial charge is 0.251 e. The van der Waals surface area contributed by atoms with Crippen LogP contribution < -0.4 is 15.4 Å². The Morgan fingerprint density at radius 2 is 1.70 bits per heavy atom. The quantitative estimate of drug-likeness (QED) is 0.567. The highest BCUT2D eigenvalue weighted by Gasteiger charge is 2.26. The monoisotopic (exact) mass is 431 g/mol. The lowest BCUT2D eigenvalue weighted by atomic mass is 10.0. The van der Waals surface area contributed by atoms with E-state index in [9.17, 15) is 18.0 Å². The maximum atomic E-state index is 12.8. The second-order valence-corrected chi connectivity index (χ2v) is 9.33. The lowest BCUT2D eigenvalue weighted by molar-refractivity contribution is -0.123. The van der Waals surface area contributed by atoms with Crippen LogP contribution in [-0.2, 0) is 21.4 Å². The van der Waals surface area contributed by atoms with E-state index in [1.54, 1.807) is 43.4 Å². The van der Waals surface area contributed by atoms with Crippen LogP contribution in [-0.4, -0.2) is 33.3 Å². The molecule has 2 aromatic rings. The van der Waals surface area contributed by atoms with Crippen LogP contribution in [0.1, 0.15) is 41.8 Å². The van der Waals surface area contributed by atoms with Crippen molar-refractivity contribution in [2.75, 3.05) is 7.05 Å². The van der Waals surface area contributed by atoms with Crippen LogP contribution in [0.5, 0.6) is 0 Å². The normalized spacial score (nSPS) is 12.4. The van der Waals surface area contributed by atoms with E-state index in [-0.39, 0.29) is 23.3 Å². The first-order valence-corrected chi connectivity index (χ1v) is 11.3. The Hall–Kier alpha value is -2.71. The fourth-order valence-electron chi connectivity index (χ4n) is 2.93. The third kappa shape index (κ3) is 6.67. The third-order valence-corrected chi connectivity index (χ3v) is 6.02. The van der Waals surface area contributed by atoms with Gasteiger partial charge in [-0.25, -0.2) is 8.42 Å². The maximum absolute atomic E-state index is 12.8. The van der Waals surface area contributed by atoms with Crippen LogP contribution >= 0.6 is 0 Å². The molecule has 0 fully saturated rings. The first-order chi connectivity index (χ1) is 14.1. The molecule has 0 saturated heterocycles. The number of hydrogen-bond donors (Lipinski definition) is 3. The molecule has 3 N–H and O–H groups in total. The average molecular weight is 432 g/mol. The summed E-state index contributed by atoms with van der Waals surface area (Å²) in [6.07, 6.45) is 0.356. The van der Waals surface area contributed by atoms with Crippen molar-refractivity contribution in [1.29, 1.82) is 0 Å². The van der Waals surface area contributed by atoms with Crippen LogP contribution in [0.2, 0.25) is 0 Å². The molecule has 162 valence electrons. The lowest BCUT2D eigenvalue weighted by Gasteiger charge is -2.20. The standard InChI is InChI=1S/C22H29N3O4S/c1-15(2)12-20(25-30(28,29)19-10-8-16(3)9-11-19)22(27)24-14-17-6-5-7-18(13-17)21(26)23-4/h5-11,13,15,20,25H,12,14H2,1-4H3,(H,23,26)(H,24,27). The summed E-state index contributed by atoms with van der Waals surface area (Å²) in [6, 6.07) is 12.5. The highest BCUT2D eigenvalue weighted by Crippen LogP contribution is 2.14. The molecule has 1 unspecified atom stereocenters. The van der Waals surface area contributed by atoms with Gasteiger partial charge in [-0.2, -0.15) is 4.72 Å². The van der Waals surface area contributed by atoms with Gasteiger partial charge in [0.15, 0.2) is 0 Å². The largest absolute Gasteiger partial charge is 0.355 e. The highest BCUT2D eigenvalue weighted by atomic mass is 32.2. The van der Waals surface area contributed by atoms with E-state index >= 15 is 0 Å². The molecule has 8 heteroatoms. The molecule has 0 heterocycles. The van der Waals surface area contributed by atoms with Crippen LogP contribution in [0, 0.1) is 12.8 Å².